The van der Waals surface area contributed by atoms with Crippen molar-refractivity contribution in [2.45, 2.75) is 31.1 Å². The van der Waals surface area contributed by atoms with Gasteiger partial charge in [-0.15, -0.1) is 0 Å². The molecule has 1 nitrogen and oxygen atoms in total. The van der Waals surface area contributed by atoms with Crippen molar-refractivity contribution < 1.29 is 0 Å². The molecule has 0 amide bonds. The van der Waals surface area contributed by atoms with Gasteiger partial charge >= 0.3 is 0 Å². The van der Waals surface area contributed by atoms with E-state index in [2.05, 4.69) is 89.7 Å². The SMILES string of the molecule is C1=CCB(N2CCCCC2(c2ccccc2)c2ccccc2)C=C1. The van der Waals surface area contributed by atoms with Crippen LogP contribution in [0.25, 0.3) is 0 Å². The normalized spacial score (nSPS) is 20.2. The zero-order valence-corrected chi connectivity index (χ0v) is 14.1. The molecule has 2 heteroatoms. The first-order chi connectivity index (χ1) is 11.9. The topological polar surface area (TPSA) is 3.24 Å². The van der Waals surface area contributed by atoms with Gasteiger partial charge in [0.1, 0.15) is 0 Å². The quantitative estimate of drug-likeness (QED) is 0.715. The first-order valence-corrected chi connectivity index (χ1v) is 9.12. The van der Waals surface area contributed by atoms with Crippen LogP contribution >= 0.6 is 0 Å². The van der Waals surface area contributed by atoms with Gasteiger partial charge in [0.05, 0.1) is 5.54 Å². The molecule has 0 unspecified atom stereocenters. The van der Waals surface area contributed by atoms with Gasteiger partial charge in [-0.05, 0) is 43.3 Å². The molecular formula is C22H24BN. The van der Waals surface area contributed by atoms with Crippen molar-refractivity contribution in [3.63, 3.8) is 0 Å². The van der Waals surface area contributed by atoms with E-state index >= 15 is 0 Å². The molecular weight excluding hydrogens is 289 g/mol. The average Bonchev–Trinajstić information content (AvgIpc) is 2.70. The van der Waals surface area contributed by atoms with Gasteiger partial charge in [-0.1, -0.05) is 84.9 Å². The van der Waals surface area contributed by atoms with Crippen molar-refractivity contribution in [1.29, 1.82) is 0 Å². The van der Waals surface area contributed by atoms with E-state index in [0.29, 0.717) is 6.85 Å². The largest absolute Gasteiger partial charge is 0.325 e. The summed E-state index contributed by atoms with van der Waals surface area (Å²) >= 11 is 0. The standard InChI is InChI=1S/C22H24BN/c1-4-12-20(13-5-1)22(21-14-6-2-7-15-21)16-8-11-19-24(22)23-17-9-3-10-18-23/h1-7,9-10,12-15,17H,8,11,16,18-19H2. The molecule has 0 bridgehead atoms. The van der Waals surface area contributed by atoms with Crippen molar-refractivity contribution in [3.05, 3.63) is 96.0 Å². The minimum absolute atomic E-state index is 0.0129. The summed E-state index contributed by atoms with van der Waals surface area (Å²) in [4.78, 5) is 2.75. The zero-order chi connectivity index (χ0) is 16.2. The minimum Gasteiger partial charge on any atom is -0.325 e. The van der Waals surface area contributed by atoms with Crippen molar-refractivity contribution in [2.75, 3.05) is 6.54 Å². The summed E-state index contributed by atoms with van der Waals surface area (Å²) in [6, 6.07) is 22.2. The summed E-state index contributed by atoms with van der Waals surface area (Å²) in [6.07, 6.45) is 11.6. The highest BCUT2D eigenvalue weighted by atomic mass is 15.2. The predicted molar refractivity (Wildman–Crippen MR) is 103 cm³/mol. The Morgan fingerprint density at radius 3 is 2.04 bits per heavy atom. The fourth-order valence-corrected chi connectivity index (χ4v) is 4.46. The van der Waals surface area contributed by atoms with E-state index in [-0.39, 0.29) is 5.54 Å². The Morgan fingerprint density at radius 2 is 1.46 bits per heavy atom. The molecule has 1 fully saturated rings. The molecule has 4 rings (SSSR count). The predicted octanol–water partition coefficient (Wildman–Crippen LogP) is 5.07. The Morgan fingerprint density at radius 1 is 0.792 bits per heavy atom. The Kier molecular flexibility index (Phi) is 4.40. The number of piperidine rings is 1. The van der Waals surface area contributed by atoms with Crippen molar-refractivity contribution in [2.24, 2.45) is 0 Å². The van der Waals surface area contributed by atoms with E-state index in [1.807, 2.05) is 0 Å². The van der Waals surface area contributed by atoms with Crippen molar-refractivity contribution in [1.82, 2.24) is 4.81 Å². The van der Waals surface area contributed by atoms with Crippen LogP contribution in [0.2, 0.25) is 6.32 Å². The van der Waals surface area contributed by atoms with E-state index in [1.54, 1.807) is 0 Å². The fraction of sp³-hybridized carbons (Fsp3) is 0.273. The van der Waals surface area contributed by atoms with Gasteiger partial charge < -0.3 is 4.81 Å². The Bertz CT molecular complexity index is 681. The Hall–Kier alpha value is -2.06. The summed E-state index contributed by atoms with van der Waals surface area (Å²) in [5.41, 5.74) is 2.85. The molecule has 24 heavy (non-hydrogen) atoms. The highest BCUT2D eigenvalue weighted by molar-refractivity contribution is 6.62. The van der Waals surface area contributed by atoms with Gasteiger partial charge in [0.25, 0.3) is 6.85 Å². The first kappa shape index (κ1) is 15.5. The van der Waals surface area contributed by atoms with Gasteiger partial charge in [-0.2, -0.15) is 0 Å². The van der Waals surface area contributed by atoms with Crippen LogP contribution in [0.15, 0.2) is 84.9 Å². The van der Waals surface area contributed by atoms with Crippen LogP contribution in [0, 0.1) is 0 Å². The second-order valence-corrected chi connectivity index (χ2v) is 6.86. The van der Waals surface area contributed by atoms with Crippen molar-refractivity contribution in [3.8, 4) is 0 Å². The molecule has 2 aromatic carbocycles. The monoisotopic (exact) mass is 313 g/mol. The molecule has 0 aromatic heterocycles. The van der Waals surface area contributed by atoms with Gasteiger partial charge in [-0.25, -0.2) is 0 Å². The lowest BCUT2D eigenvalue weighted by Gasteiger charge is -2.51. The molecule has 2 heterocycles. The third-order valence-electron chi connectivity index (χ3n) is 5.54. The van der Waals surface area contributed by atoms with Gasteiger partial charge in [0, 0.05) is 0 Å². The Labute approximate surface area is 145 Å². The van der Waals surface area contributed by atoms with E-state index in [9.17, 15) is 0 Å². The maximum Gasteiger partial charge on any atom is 0.254 e. The molecule has 0 spiro atoms. The molecule has 2 aliphatic rings. The molecule has 0 radical (unpaired) electrons. The van der Waals surface area contributed by atoms with Gasteiger partial charge in [0.15, 0.2) is 0 Å². The molecule has 1 saturated heterocycles. The fourth-order valence-electron chi connectivity index (χ4n) is 4.46. The molecule has 120 valence electrons. The third kappa shape index (κ3) is 2.65. The summed E-state index contributed by atoms with van der Waals surface area (Å²) in [5.74, 6) is 2.38. The van der Waals surface area contributed by atoms with Gasteiger partial charge in [-0.3, -0.25) is 0 Å². The number of rotatable bonds is 3. The molecule has 0 aliphatic carbocycles. The molecule has 0 N–H and O–H groups in total. The van der Waals surface area contributed by atoms with Crippen LogP contribution in [0.3, 0.4) is 0 Å². The van der Waals surface area contributed by atoms with Crippen LogP contribution in [-0.4, -0.2) is 18.2 Å². The second kappa shape index (κ2) is 6.82. The van der Waals surface area contributed by atoms with Crippen LogP contribution < -0.4 is 0 Å². The summed E-state index contributed by atoms with van der Waals surface area (Å²) in [7, 11) is 0. The van der Waals surface area contributed by atoms with E-state index in [0.717, 1.165) is 12.9 Å². The number of nitrogens with zero attached hydrogens (tertiary/aromatic N) is 1. The van der Waals surface area contributed by atoms with E-state index in [4.69, 9.17) is 0 Å². The van der Waals surface area contributed by atoms with Crippen LogP contribution in [0.5, 0.6) is 0 Å². The molecule has 2 aromatic rings. The minimum atomic E-state index is -0.0129. The summed E-state index contributed by atoms with van der Waals surface area (Å²) < 4.78 is 0. The maximum atomic E-state index is 2.75. The molecule has 0 saturated carbocycles. The van der Waals surface area contributed by atoms with Gasteiger partial charge in [0.2, 0.25) is 0 Å². The zero-order valence-electron chi connectivity index (χ0n) is 14.1. The Balaban J connectivity index is 1.87. The lowest BCUT2D eigenvalue weighted by molar-refractivity contribution is 0.168. The van der Waals surface area contributed by atoms with Crippen molar-refractivity contribution >= 4 is 6.85 Å². The highest BCUT2D eigenvalue weighted by Gasteiger charge is 2.44. The molecule has 0 atom stereocenters. The average molecular weight is 313 g/mol. The highest BCUT2D eigenvalue weighted by Crippen LogP contribution is 2.44. The number of allylic oxidation sites excluding steroid dienone is 3. The first-order valence-electron chi connectivity index (χ1n) is 9.12. The lowest BCUT2D eigenvalue weighted by Crippen LogP contribution is -2.56. The maximum absolute atomic E-state index is 2.75. The summed E-state index contributed by atoms with van der Waals surface area (Å²) in [5, 5.41) is 0. The third-order valence-corrected chi connectivity index (χ3v) is 5.54. The number of hydrogen-bond acceptors (Lipinski definition) is 1. The smallest absolute Gasteiger partial charge is 0.254 e. The number of hydrogen-bond donors (Lipinski definition) is 0. The second-order valence-electron chi connectivity index (χ2n) is 6.86. The van der Waals surface area contributed by atoms with Crippen LogP contribution in [0.4, 0.5) is 0 Å². The van der Waals surface area contributed by atoms with Crippen LogP contribution in [-0.2, 0) is 5.54 Å². The van der Waals surface area contributed by atoms with E-state index in [1.165, 1.54) is 30.4 Å². The molecule has 2 aliphatic heterocycles. The number of benzene rings is 2. The summed E-state index contributed by atoms with van der Waals surface area (Å²) in [6.45, 7) is 1.64. The van der Waals surface area contributed by atoms with Crippen LogP contribution in [0.1, 0.15) is 30.4 Å². The van der Waals surface area contributed by atoms with E-state index < -0.39 is 0 Å². The lowest BCUT2D eigenvalue weighted by atomic mass is 9.51.